The molecule has 1 fully saturated rings. The van der Waals surface area contributed by atoms with E-state index in [4.69, 9.17) is 4.74 Å². The second-order valence-electron chi connectivity index (χ2n) is 8.72. The monoisotopic (exact) mass is 451 g/mol. The smallest absolute Gasteiger partial charge is 0.264 e. The van der Waals surface area contributed by atoms with Crippen LogP contribution < -0.4 is 0 Å². The van der Waals surface area contributed by atoms with Crippen molar-refractivity contribution in [3.63, 3.8) is 0 Å². The molecule has 1 saturated heterocycles. The Morgan fingerprint density at radius 1 is 1.03 bits per heavy atom. The molecule has 0 spiro atoms. The SMILES string of the molecule is FC(F)(Cc1c[nH]c2ccc(-n3cnnc3)cc12)CN1CCC(OCc2ccccc2)CC1. The number of alkyl halides is 2. The van der Waals surface area contributed by atoms with E-state index in [1.165, 1.54) is 0 Å². The van der Waals surface area contributed by atoms with Crippen molar-refractivity contribution in [2.24, 2.45) is 0 Å². The Bertz CT molecular complexity index is 1170. The minimum atomic E-state index is -2.82. The van der Waals surface area contributed by atoms with Gasteiger partial charge in [0.25, 0.3) is 5.92 Å². The fourth-order valence-corrected chi connectivity index (χ4v) is 4.49. The summed E-state index contributed by atoms with van der Waals surface area (Å²) in [4.78, 5) is 4.98. The van der Waals surface area contributed by atoms with E-state index in [9.17, 15) is 0 Å². The Hall–Kier alpha value is -3.10. The van der Waals surface area contributed by atoms with Crippen LogP contribution in [0.5, 0.6) is 0 Å². The third-order valence-electron chi connectivity index (χ3n) is 6.24. The second kappa shape index (κ2) is 9.41. The summed E-state index contributed by atoms with van der Waals surface area (Å²) in [6.07, 6.45) is 6.25. The number of piperidine rings is 1. The van der Waals surface area contributed by atoms with Crippen LogP contribution in [0.3, 0.4) is 0 Å². The topological polar surface area (TPSA) is 59.0 Å². The molecule has 0 saturated carbocycles. The third-order valence-corrected chi connectivity index (χ3v) is 6.24. The van der Waals surface area contributed by atoms with E-state index in [2.05, 4.69) is 15.2 Å². The van der Waals surface area contributed by atoms with Crippen molar-refractivity contribution >= 4 is 10.9 Å². The van der Waals surface area contributed by atoms with E-state index in [1.807, 2.05) is 53.4 Å². The number of nitrogens with zero attached hydrogens (tertiary/aromatic N) is 4. The van der Waals surface area contributed by atoms with Gasteiger partial charge in [0, 0.05) is 42.3 Å². The lowest BCUT2D eigenvalue weighted by atomic mass is 10.0. The number of H-pyrrole nitrogens is 1. The first-order chi connectivity index (χ1) is 16.1. The van der Waals surface area contributed by atoms with Gasteiger partial charge in [0.15, 0.2) is 0 Å². The lowest BCUT2D eigenvalue weighted by Crippen LogP contribution is -2.44. The van der Waals surface area contributed by atoms with Crippen molar-refractivity contribution in [2.45, 2.75) is 37.9 Å². The van der Waals surface area contributed by atoms with Gasteiger partial charge < -0.3 is 9.72 Å². The van der Waals surface area contributed by atoms with Crippen LogP contribution in [0.25, 0.3) is 16.6 Å². The Morgan fingerprint density at radius 3 is 2.55 bits per heavy atom. The average Bonchev–Trinajstić information content (AvgIpc) is 3.49. The maximum absolute atomic E-state index is 15.0. The predicted molar refractivity (Wildman–Crippen MR) is 123 cm³/mol. The molecule has 0 bridgehead atoms. The van der Waals surface area contributed by atoms with Gasteiger partial charge in [0.05, 0.1) is 19.3 Å². The number of likely N-dealkylation sites (tertiary alicyclic amines) is 1. The average molecular weight is 452 g/mol. The Morgan fingerprint density at radius 2 is 1.79 bits per heavy atom. The van der Waals surface area contributed by atoms with Crippen molar-refractivity contribution in [2.75, 3.05) is 19.6 Å². The predicted octanol–water partition coefficient (Wildman–Crippen LogP) is 4.61. The van der Waals surface area contributed by atoms with Crippen molar-refractivity contribution in [3.8, 4) is 5.69 Å². The summed E-state index contributed by atoms with van der Waals surface area (Å²) in [5.41, 5.74) is 3.44. The maximum atomic E-state index is 15.0. The number of aromatic nitrogens is 4. The number of hydrogen-bond acceptors (Lipinski definition) is 4. The molecule has 1 aliphatic rings. The number of halogens is 2. The summed E-state index contributed by atoms with van der Waals surface area (Å²) in [6.45, 7) is 1.58. The molecular formula is C25H27F2N5O. The van der Waals surface area contributed by atoms with Gasteiger partial charge in [-0.25, -0.2) is 8.78 Å². The lowest BCUT2D eigenvalue weighted by Gasteiger charge is -2.34. The molecule has 5 rings (SSSR count). The van der Waals surface area contributed by atoms with Crippen LogP contribution in [0.2, 0.25) is 0 Å². The van der Waals surface area contributed by atoms with Crippen molar-refractivity contribution in [1.82, 2.24) is 24.6 Å². The Balaban J connectivity index is 1.17. The fourth-order valence-electron chi connectivity index (χ4n) is 4.49. The van der Waals surface area contributed by atoms with Crippen LogP contribution in [0.1, 0.15) is 24.0 Å². The first-order valence-electron chi connectivity index (χ1n) is 11.3. The number of fused-ring (bicyclic) bond motifs is 1. The van der Waals surface area contributed by atoms with Crippen LogP contribution in [-0.2, 0) is 17.8 Å². The zero-order valence-corrected chi connectivity index (χ0v) is 18.3. The van der Waals surface area contributed by atoms with Gasteiger partial charge in [-0.1, -0.05) is 30.3 Å². The third kappa shape index (κ3) is 5.29. The molecule has 6 nitrogen and oxygen atoms in total. The van der Waals surface area contributed by atoms with Gasteiger partial charge in [-0.2, -0.15) is 0 Å². The molecule has 172 valence electrons. The van der Waals surface area contributed by atoms with E-state index in [-0.39, 0.29) is 19.1 Å². The maximum Gasteiger partial charge on any atom is 0.264 e. The number of hydrogen-bond donors (Lipinski definition) is 1. The van der Waals surface area contributed by atoms with Crippen molar-refractivity contribution < 1.29 is 13.5 Å². The molecule has 8 heteroatoms. The number of benzene rings is 2. The normalized spacial score (nSPS) is 15.9. The van der Waals surface area contributed by atoms with E-state index >= 15 is 8.78 Å². The van der Waals surface area contributed by atoms with Crippen LogP contribution >= 0.6 is 0 Å². The molecule has 0 amide bonds. The molecule has 4 aromatic rings. The quantitative estimate of drug-likeness (QED) is 0.425. The number of ether oxygens (including phenoxy) is 1. The van der Waals surface area contributed by atoms with Gasteiger partial charge in [0.2, 0.25) is 0 Å². The molecule has 2 aromatic heterocycles. The van der Waals surface area contributed by atoms with Gasteiger partial charge >= 0.3 is 0 Å². The van der Waals surface area contributed by atoms with Gasteiger partial charge in [-0.05, 0) is 42.2 Å². The standard InChI is InChI=1S/C25H27F2N5O/c26-25(27,16-31-10-8-22(9-11-31)33-15-19-4-2-1-3-5-19)13-20-14-28-24-7-6-21(12-23(20)24)32-17-29-30-18-32/h1-7,12,14,17-18,22,28H,8-11,13,15-16H2. The second-order valence-corrected chi connectivity index (χ2v) is 8.72. The van der Waals surface area contributed by atoms with E-state index in [0.717, 1.165) is 35.0 Å². The highest BCUT2D eigenvalue weighted by Gasteiger charge is 2.34. The molecule has 1 N–H and O–H groups in total. The van der Waals surface area contributed by atoms with Crippen molar-refractivity contribution in [3.05, 3.63) is 78.5 Å². The molecular weight excluding hydrogens is 424 g/mol. The minimum absolute atomic E-state index is 0.125. The Kier molecular flexibility index (Phi) is 6.20. The molecule has 0 atom stereocenters. The van der Waals surface area contributed by atoms with E-state index in [1.54, 1.807) is 23.4 Å². The zero-order chi connectivity index (χ0) is 22.7. The summed E-state index contributed by atoms with van der Waals surface area (Å²) in [5.74, 6) is -2.82. The van der Waals surface area contributed by atoms with Crippen molar-refractivity contribution in [1.29, 1.82) is 0 Å². The fraction of sp³-hybridized carbons (Fsp3) is 0.360. The summed E-state index contributed by atoms with van der Waals surface area (Å²) in [6, 6.07) is 15.7. The molecule has 0 radical (unpaired) electrons. The Labute approximate surface area is 191 Å². The van der Waals surface area contributed by atoms with E-state index < -0.39 is 5.92 Å². The molecule has 33 heavy (non-hydrogen) atoms. The summed E-state index contributed by atoms with van der Waals surface area (Å²) in [7, 11) is 0. The number of rotatable bonds is 8. The van der Waals surface area contributed by atoms with E-state index in [0.29, 0.717) is 25.3 Å². The number of aromatic amines is 1. The highest BCUT2D eigenvalue weighted by atomic mass is 19.3. The summed E-state index contributed by atoms with van der Waals surface area (Å²) in [5, 5.41) is 8.43. The highest BCUT2D eigenvalue weighted by Crippen LogP contribution is 2.29. The van der Waals surface area contributed by atoms with Gasteiger partial charge in [0.1, 0.15) is 12.7 Å². The van der Waals surface area contributed by atoms with Gasteiger partial charge in [-0.15, -0.1) is 10.2 Å². The van der Waals surface area contributed by atoms with Crippen LogP contribution in [-0.4, -0.2) is 56.3 Å². The first-order valence-corrected chi connectivity index (χ1v) is 11.3. The zero-order valence-electron chi connectivity index (χ0n) is 18.3. The summed E-state index contributed by atoms with van der Waals surface area (Å²) < 4.78 is 37.8. The van der Waals surface area contributed by atoms with Crippen LogP contribution in [0, 0.1) is 0 Å². The van der Waals surface area contributed by atoms with Crippen LogP contribution in [0.15, 0.2) is 67.4 Å². The molecule has 2 aromatic carbocycles. The van der Waals surface area contributed by atoms with Gasteiger partial charge in [-0.3, -0.25) is 9.47 Å². The highest BCUT2D eigenvalue weighted by molar-refractivity contribution is 5.85. The largest absolute Gasteiger partial charge is 0.373 e. The van der Waals surface area contributed by atoms with Crippen LogP contribution in [0.4, 0.5) is 8.78 Å². The molecule has 1 aliphatic heterocycles. The first kappa shape index (κ1) is 21.7. The molecule has 0 aliphatic carbocycles. The lowest BCUT2D eigenvalue weighted by molar-refractivity contribution is -0.0556. The number of nitrogens with one attached hydrogen (secondary N) is 1. The summed E-state index contributed by atoms with van der Waals surface area (Å²) >= 11 is 0. The molecule has 0 unspecified atom stereocenters. The molecule has 3 heterocycles. The minimum Gasteiger partial charge on any atom is -0.373 e.